The lowest BCUT2D eigenvalue weighted by Gasteiger charge is -2.15. The molecule has 1 aliphatic carbocycles. The number of rotatable bonds is 4. The van der Waals surface area contributed by atoms with Gasteiger partial charge in [-0.3, -0.25) is 4.79 Å². The Morgan fingerprint density at radius 3 is 2.24 bits per heavy atom. The minimum Gasteiger partial charge on any atom is -0.396 e. The van der Waals surface area contributed by atoms with Gasteiger partial charge in [-0.1, -0.05) is 53.5 Å². The molecule has 0 radical (unpaired) electrons. The Morgan fingerprint density at radius 1 is 1.29 bits per heavy atom. The molecule has 2 nitrogen and oxygen atoms in total. The Hall–Kier alpha value is -0.280. The van der Waals surface area contributed by atoms with E-state index >= 15 is 0 Å². The third-order valence-electron chi connectivity index (χ3n) is 3.21. The molecular weight excluding hydrogens is 282 g/mol. The van der Waals surface area contributed by atoms with E-state index in [1.165, 1.54) is 0 Å². The highest BCUT2D eigenvalue weighted by Crippen LogP contribution is 2.69. The number of hydrogen-bond acceptors (Lipinski definition) is 2. The van der Waals surface area contributed by atoms with Crippen molar-refractivity contribution in [3.05, 3.63) is 35.9 Å². The van der Waals surface area contributed by atoms with Crippen molar-refractivity contribution in [3.8, 4) is 0 Å². The number of ketones is 1. The third kappa shape index (κ3) is 1.78. The van der Waals surface area contributed by atoms with Gasteiger partial charge < -0.3 is 5.11 Å². The SMILES string of the molecule is O=C(c1ccccc1)C1(CCO)C(Cl)C1(Cl)Cl. The number of carbonyl (C=O) groups is 1. The first-order chi connectivity index (χ1) is 7.98. The van der Waals surface area contributed by atoms with Crippen LogP contribution in [-0.4, -0.2) is 27.2 Å². The molecule has 1 aliphatic rings. The number of Topliss-reactive ketones (excluding diaryl/α,β-unsaturated/α-hetero) is 1. The molecule has 0 spiro atoms. The third-order valence-corrected chi connectivity index (χ3v) is 5.24. The van der Waals surface area contributed by atoms with E-state index < -0.39 is 15.1 Å². The fraction of sp³-hybridized carbons (Fsp3) is 0.417. The molecule has 2 unspecified atom stereocenters. The van der Waals surface area contributed by atoms with Crippen LogP contribution in [0.25, 0.3) is 0 Å². The molecule has 1 saturated carbocycles. The van der Waals surface area contributed by atoms with Gasteiger partial charge in [0.25, 0.3) is 0 Å². The van der Waals surface area contributed by atoms with Gasteiger partial charge in [0.2, 0.25) is 0 Å². The maximum Gasteiger partial charge on any atom is 0.173 e. The van der Waals surface area contributed by atoms with Gasteiger partial charge in [0.1, 0.15) is 4.33 Å². The van der Waals surface area contributed by atoms with Crippen LogP contribution in [0.1, 0.15) is 16.8 Å². The Morgan fingerprint density at radius 2 is 1.82 bits per heavy atom. The van der Waals surface area contributed by atoms with E-state index in [1.54, 1.807) is 24.3 Å². The normalized spacial score (nSPS) is 30.0. The summed E-state index contributed by atoms with van der Waals surface area (Å²) in [6.07, 6.45) is 0.169. The number of aliphatic hydroxyl groups is 1. The first-order valence-corrected chi connectivity index (χ1v) is 6.40. The second-order valence-electron chi connectivity index (χ2n) is 4.13. The molecule has 0 aromatic heterocycles. The molecular formula is C12H11Cl3O2. The minimum absolute atomic E-state index is 0.169. The highest BCUT2D eigenvalue weighted by Gasteiger charge is 2.79. The van der Waals surface area contributed by atoms with E-state index in [9.17, 15) is 4.79 Å². The van der Waals surface area contributed by atoms with E-state index in [4.69, 9.17) is 39.9 Å². The highest BCUT2D eigenvalue weighted by molar-refractivity contribution is 6.60. The number of carbonyl (C=O) groups excluding carboxylic acids is 1. The molecule has 1 aromatic carbocycles. The Labute approximate surface area is 114 Å². The summed E-state index contributed by atoms with van der Waals surface area (Å²) in [7, 11) is 0. The number of hydrogen-bond donors (Lipinski definition) is 1. The molecule has 0 saturated heterocycles. The molecule has 1 N–H and O–H groups in total. The van der Waals surface area contributed by atoms with Crippen LogP contribution in [0, 0.1) is 5.41 Å². The summed E-state index contributed by atoms with van der Waals surface area (Å²) in [6.45, 7) is -0.178. The van der Waals surface area contributed by atoms with Crippen molar-refractivity contribution in [2.24, 2.45) is 5.41 Å². The Kier molecular flexibility index (Phi) is 3.43. The summed E-state index contributed by atoms with van der Waals surface area (Å²) in [5, 5.41) is 8.39. The van der Waals surface area contributed by atoms with E-state index in [1.807, 2.05) is 6.07 Å². The van der Waals surface area contributed by atoms with Crippen LogP contribution in [0.4, 0.5) is 0 Å². The average molecular weight is 294 g/mol. The molecule has 1 fully saturated rings. The zero-order valence-electron chi connectivity index (χ0n) is 8.87. The molecule has 2 rings (SSSR count). The molecule has 17 heavy (non-hydrogen) atoms. The van der Waals surface area contributed by atoms with Crippen molar-refractivity contribution < 1.29 is 9.90 Å². The van der Waals surface area contributed by atoms with Gasteiger partial charge in [0.05, 0.1) is 10.8 Å². The van der Waals surface area contributed by atoms with Crippen molar-refractivity contribution in [2.45, 2.75) is 16.1 Å². The Balaban J connectivity index is 2.35. The first-order valence-electron chi connectivity index (χ1n) is 5.21. The number of alkyl halides is 3. The van der Waals surface area contributed by atoms with Gasteiger partial charge in [-0.25, -0.2) is 0 Å². The predicted octanol–water partition coefficient (Wildman–Crippen LogP) is 3.03. The van der Waals surface area contributed by atoms with Gasteiger partial charge >= 0.3 is 0 Å². The number of halogens is 3. The van der Waals surface area contributed by atoms with Crippen LogP contribution in [-0.2, 0) is 0 Å². The fourth-order valence-corrected chi connectivity index (χ4v) is 3.57. The topological polar surface area (TPSA) is 37.3 Å². The van der Waals surface area contributed by atoms with Crippen molar-refractivity contribution in [2.75, 3.05) is 6.61 Å². The van der Waals surface area contributed by atoms with Gasteiger partial charge in [0, 0.05) is 12.2 Å². The minimum atomic E-state index is -1.30. The monoisotopic (exact) mass is 292 g/mol. The summed E-state index contributed by atoms with van der Waals surface area (Å²) in [5.74, 6) is -0.211. The van der Waals surface area contributed by atoms with E-state index in [2.05, 4.69) is 0 Å². The Bertz CT molecular complexity index is 433. The number of aliphatic hydroxyl groups excluding tert-OH is 1. The maximum absolute atomic E-state index is 12.4. The summed E-state index contributed by atoms with van der Waals surface area (Å²) in [6, 6.07) is 8.71. The fourth-order valence-electron chi connectivity index (χ4n) is 2.11. The van der Waals surface area contributed by atoms with Crippen molar-refractivity contribution in [3.63, 3.8) is 0 Å². The van der Waals surface area contributed by atoms with Crippen molar-refractivity contribution in [1.82, 2.24) is 0 Å². The van der Waals surface area contributed by atoms with Gasteiger partial charge in [-0.05, 0) is 6.42 Å². The van der Waals surface area contributed by atoms with Crippen LogP contribution in [0.5, 0.6) is 0 Å². The number of benzene rings is 1. The van der Waals surface area contributed by atoms with Crippen LogP contribution < -0.4 is 0 Å². The van der Waals surface area contributed by atoms with E-state index in [0.29, 0.717) is 5.56 Å². The molecule has 92 valence electrons. The average Bonchev–Trinajstić information content (AvgIpc) is 2.76. The molecule has 0 amide bonds. The van der Waals surface area contributed by atoms with Crippen LogP contribution in [0.3, 0.4) is 0 Å². The zero-order chi connectivity index (χ0) is 12.7. The van der Waals surface area contributed by atoms with Crippen molar-refractivity contribution in [1.29, 1.82) is 0 Å². The summed E-state index contributed by atoms with van der Waals surface area (Å²) in [5.41, 5.74) is -0.567. The van der Waals surface area contributed by atoms with Crippen LogP contribution in [0.2, 0.25) is 0 Å². The van der Waals surface area contributed by atoms with Crippen LogP contribution >= 0.6 is 34.8 Å². The van der Waals surface area contributed by atoms with Gasteiger partial charge in [0.15, 0.2) is 5.78 Å². The largest absolute Gasteiger partial charge is 0.396 e. The standard InChI is InChI=1S/C12H11Cl3O2/c13-10-11(6-7-16,12(10,14)15)9(17)8-4-2-1-3-5-8/h1-5,10,16H,6-7H2. The maximum atomic E-state index is 12.4. The van der Waals surface area contributed by atoms with Gasteiger partial charge in [-0.15, -0.1) is 11.6 Å². The summed E-state index contributed by atoms with van der Waals surface area (Å²) < 4.78 is -1.30. The molecule has 5 heteroatoms. The second-order valence-corrected chi connectivity index (χ2v) is 5.95. The second kappa shape index (κ2) is 4.43. The molecule has 0 heterocycles. The van der Waals surface area contributed by atoms with Crippen LogP contribution in [0.15, 0.2) is 30.3 Å². The highest BCUT2D eigenvalue weighted by atomic mass is 35.5. The quantitative estimate of drug-likeness (QED) is 0.684. The predicted molar refractivity (Wildman–Crippen MR) is 69.0 cm³/mol. The lowest BCUT2D eigenvalue weighted by atomic mass is 9.91. The van der Waals surface area contributed by atoms with E-state index in [-0.39, 0.29) is 18.8 Å². The molecule has 1 aromatic rings. The molecule has 2 atom stereocenters. The van der Waals surface area contributed by atoms with E-state index in [0.717, 1.165) is 0 Å². The lowest BCUT2D eigenvalue weighted by Crippen LogP contribution is -2.24. The summed E-state index contributed by atoms with van der Waals surface area (Å²) in [4.78, 5) is 12.4. The van der Waals surface area contributed by atoms with Crippen molar-refractivity contribution >= 4 is 40.6 Å². The first kappa shape index (κ1) is 13.2. The lowest BCUT2D eigenvalue weighted by molar-refractivity contribution is 0.0870. The molecule has 0 bridgehead atoms. The zero-order valence-corrected chi connectivity index (χ0v) is 11.1. The smallest absolute Gasteiger partial charge is 0.173 e. The van der Waals surface area contributed by atoms with Gasteiger partial charge in [-0.2, -0.15) is 0 Å². The molecule has 0 aliphatic heterocycles. The summed E-state index contributed by atoms with van der Waals surface area (Å²) >= 11 is 18.1.